The van der Waals surface area contributed by atoms with E-state index in [0.717, 1.165) is 0 Å². The molecule has 0 fully saturated rings. The van der Waals surface area contributed by atoms with Crippen LogP contribution in [0.15, 0.2) is 18.2 Å². The van der Waals surface area contributed by atoms with E-state index < -0.39 is 11.5 Å². The van der Waals surface area contributed by atoms with Crippen LogP contribution in [0.2, 0.25) is 0 Å². The number of aliphatic carboxylic acids is 1. The van der Waals surface area contributed by atoms with E-state index in [1.165, 1.54) is 20.1 Å². The maximum atomic E-state index is 11.1. The molecule has 1 aromatic carbocycles. The van der Waals surface area contributed by atoms with E-state index >= 15 is 0 Å². The molecule has 18 heavy (non-hydrogen) atoms. The van der Waals surface area contributed by atoms with Gasteiger partial charge in [0.2, 0.25) is 0 Å². The first-order valence-corrected chi connectivity index (χ1v) is 5.00. The standard InChI is InChI=1S/C11H16N2O4.ClH/c1-11(13-12,10(15)16)6-7-3-4-8(14)9(5-7)17-2;/h3-5,13-14H,6,12H2,1-2H3,(H,15,16);1H/t11-;/m0./s1. The van der Waals surface area contributed by atoms with Crippen LogP contribution in [-0.4, -0.2) is 28.8 Å². The largest absolute Gasteiger partial charge is 0.504 e. The highest BCUT2D eigenvalue weighted by Crippen LogP contribution is 2.27. The minimum Gasteiger partial charge on any atom is -0.504 e. The van der Waals surface area contributed by atoms with E-state index in [1.807, 2.05) is 0 Å². The third-order valence-electron chi connectivity index (χ3n) is 2.59. The van der Waals surface area contributed by atoms with Crippen molar-refractivity contribution in [3.05, 3.63) is 23.8 Å². The fraction of sp³-hybridized carbons (Fsp3) is 0.364. The lowest BCUT2D eigenvalue weighted by Crippen LogP contribution is -2.54. The van der Waals surface area contributed by atoms with Crippen LogP contribution in [0.1, 0.15) is 12.5 Å². The van der Waals surface area contributed by atoms with Crippen molar-refractivity contribution in [3.8, 4) is 11.5 Å². The van der Waals surface area contributed by atoms with E-state index in [4.69, 9.17) is 15.7 Å². The van der Waals surface area contributed by atoms with Gasteiger partial charge in [-0.2, -0.15) is 0 Å². The number of benzene rings is 1. The minimum absolute atomic E-state index is 0. The van der Waals surface area contributed by atoms with Crippen molar-refractivity contribution in [3.63, 3.8) is 0 Å². The molecule has 0 spiro atoms. The molecule has 0 amide bonds. The van der Waals surface area contributed by atoms with Crippen LogP contribution >= 0.6 is 12.4 Å². The Morgan fingerprint density at radius 2 is 2.17 bits per heavy atom. The molecule has 0 saturated carbocycles. The highest BCUT2D eigenvalue weighted by molar-refractivity contribution is 5.85. The van der Waals surface area contributed by atoms with Crippen molar-refractivity contribution in [2.45, 2.75) is 18.9 Å². The number of hydrogen-bond acceptors (Lipinski definition) is 5. The predicted octanol–water partition coefficient (Wildman–Crippen LogP) is 0.672. The summed E-state index contributed by atoms with van der Waals surface area (Å²) in [4.78, 5) is 11.1. The number of nitrogens with one attached hydrogen (secondary N) is 1. The van der Waals surface area contributed by atoms with Gasteiger partial charge in [-0.3, -0.25) is 10.6 Å². The first-order chi connectivity index (χ1) is 7.92. The van der Waals surface area contributed by atoms with Crippen LogP contribution in [0.5, 0.6) is 11.5 Å². The fourth-order valence-corrected chi connectivity index (χ4v) is 1.43. The molecule has 1 aromatic rings. The third kappa shape index (κ3) is 3.49. The second kappa shape index (κ2) is 6.44. The summed E-state index contributed by atoms with van der Waals surface area (Å²) in [7, 11) is 1.43. The van der Waals surface area contributed by atoms with Gasteiger partial charge in [-0.25, -0.2) is 5.43 Å². The maximum Gasteiger partial charge on any atom is 0.325 e. The Bertz CT molecular complexity index is 428. The van der Waals surface area contributed by atoms with Crippen molar-refractivity contribution in [1.29, 1.82) is 0 Å². The summed E-state index contributed by atoms with van der Waals surface area (Å²) in [6.45, 7) is 1.48. The number of halogens is 1. The molecular weight excluding hydrogens is 260 g/mol. The van der Waals surface area contributed by atoms with E-state index in [0.29, 0.717) is 11.3 Å². The second-order valence-corrected chi connectivity index (χ2v) is 3.96. The lowest BCUT2D eigenvalue weighted by Gasteiger charge is -2.23. The molecule has 0 saturated heterocycles. The van der Waals surface area contributed by atoms with Crippen LogP contribution in [0.3, 0.4) is 0 Å². The third-order valence-corrected chi connectivity index (χ3v) is 2.59. The molecule has 0 bridgehead atoms. The van der Waals surface area contributed by atoms with E-state index in [-0.39, 0.29) is 24.6 Å². The number of phenols is 1. The highest BCUT2D eigenvalue weighted by atomic mass is 35.5. The zero-order valence-electron chi connectivity index (χ0n) is 10.1. The molecule has 0 heterocycles. The van der Waals surface area contributed by atoms with Crippen LogP contribution < -0.4 is 16.0 Å². The number of nitrogens with two attached hydrogens (primary N) is 1. The molecule has 7 heteroatoms. The number of carboxylic acid groups (broad SMARTS) is 1. The minimum atomic E-state index is -1.26. The zero-order valence-corrected chi connectivity index (χ0v) is 11.0. The van der Waals surface area contributed by atoms with Crippen molar-refractivity contribution in [2.24, 2.45) is 5.84 Å². The summed E-state index contributed by atoms with van der Waals surface area (Å²) < 4.78 is 4.95. The molecule has 1 atom stereocenters. The number of hydrogen-bond donors (Lipinski definition) is 4. The molecule has 1 rings (SSSR count). The molecule has 0 aliphatic carbocycles. The van der Waals surface area contributed by atoms with Gasteiger partial charge in [0.25, 0.3) is 0 Å². The Hall–Kier alpha value is -1.50. The number of methoxy groups -OCH3 is 1. The molecule has 0 radical (unpaired) electrons. The van der Waals surface area contributed by atoms with Gasteiger partial charge in [0.15, 0.2) is 11.5 Å². The molecule has 0 aromatic heterocycles. The van der Waals surface area contributed by atoms with Crippen LogP contribution in [0, 0.1) is 0 Å². The van der Waals surface area contributed by atoms with Crippen LogP contribution in [0.25, 0.3) is 0 Å². The fourth-order valence-electron chi connectivity index (χ4n) is 1.43. The second-order valence-electron chi connectivity index (χ2n) is 3.96. The smallest absolute Gasteiger partial charge is 0.325 e. The van der Waals surface area contributed by atoms with E-state index in [9.17, 15) is 9.90 Å². The number of carbonyl (C=O) groups is 1. The Morgan fingerprint density at radius 3 is 2.61 bits per heavy atom. The number of ether oxygens (including phenoxy) is 1. The van der Waals surface area contributed by atoms with Crippen molar-refractivity contribution >= 4 is 18.4 Å². The summed E-state index contributed by atoms with van der Waals surface area (Å²) >= 11 is 0. The lowest BCUT2D eigenvalue weighted by molar-refractivity contribution is -0.144. The quantitative estimate of drug-likeness (QED) is 0.465. The normalized spacial score (nSPS) is 13.3. The summed E-state index contributed by atoms with van der Waals surface area (Å²) in [6, 6.07) is 4.65. The summed E-state index contributed by atoms with van der Waals surface area (Å²) in [5, 5.41) is 18.5. The topological polar surface area (TPSA) is 105 Å². The molecule has 102 valence electrons. The first-order valence-electron chi connectivity index (χ1n) is 5.00. The van der Waals surface area contributed by atoms with Crippen molar-refractivity contribution in [2.75, 3.05) is 7.11 Å². The van der Waals surface area contributed by atoms with Gasteiger partial charge in [0.1, 0.15) is 5.54 Å². The molecular formula is C11H17ClN2O4. The average molecular weight is 277 g/mol. The lowest BCUT2D eigenvalue weighted by atomic mass is 9.93. The monoisotopic (exact) mass is 276 g/mol. The predicted molar refractivity (Wildman–Crippen MR) is 69.0 cm³/mol. The number of rotatable bonds is 5. The zero-order chi connectivity index (χ0) is 13.1. The van der Waals surface area contributed by atoms with Gasteiger partial charge in [-0.05, 0) is 24.6 Å². The summed E-state index contributed by atoms with van der Waals surface area (Å²) in [5.41, 5.74) is 1.71. The van der Waals surface area contributed by atoms with Gasteiger partial charge in [0.05, 0.1) is 7.11 Å². The number of aromatic hydroxyl groups is 1. The van der Waals surface area contributed by atoms with E-state index in [1.54, 1.807) is 12.1 Å². The highest BCUT2D eigenvalue weighted by Gasteiger charge is 2.32. The van der Waals surface area contributed by atoms with Crippen LogP contribution in [0.4, 0.5) is 0 Å². The molecule has 5 N–H and O–H groups in total. The Kier molecular flexibility index (Phi) is 5.90. The SMILES string of the molecule is COc1cc(C[C@](C)(NN)C(=O)O)ccc1O.Cl. The molecule has 0 unspecified atom stereocenters. The van der Waals surface area contributed by atoms with Gasteiger partial charge < -0.3 is 14.9 Å². The van der Waals surface area contributed by atoms with E-state index in [2.05, 4.69) is 5.43 Å². The Labute approximate surface area is 111 Å². The maximum absolute atomic E-state index is 11.1. The molecule has 6 nitrogen and oxygen atoms in total. The van der Waals surface area contributed by atoms with Crippen molar-refractivity contribution < 1.29 is 19.7 Å². The van der Waals surface area contributed by atoms with Gasteiger partial charge in [0, 0.05) is 6.42 Å². The van der Waals surface area contributed by atoms with Gasteiger partial charge in [-0.15, -0.1) is 12.4 Å². The summed E-state index contributed by atoms with van der Waals surface area (Å²) in [5.74, 6) is 4.50. The van der Waals surface area contributed by atoms with Crippen LogP contribution in [-0.2, 0) is 11.2 Å². The number of phenolic OH excluding ortho intramolecular Hbond substituents is 1. The number of carboxylic acids is 1. The van der Waals surface area contributed by atoms with Crippen molar-refractivity contribution in [1.82, 2.24) is 5.43 Å². The van der Waals surface area contributed by atoms with Gasteiger partial charge >= 0.3 is 5.97 Å². The first kappa shape index (κ1) is 16.5. The Balaban J connectivity index is 0.00000289. The molecule has 0 aliphatic heterocycles. The Morgan fingerprint density at radius 1 is 1.56 bits per heavy atom. The molecule has 0 aliphatic rings. The van der Waals surface area contributed by atoms with Gasteiger partial charge in [-0.1, -0.05) is 6.07 Å². The number of hydrazine groups is 1. The average Bonchev–Trinajstić information content (AvgIpc) is 2.31. The summed E-state index contributed by atoms with van der Waals surface area (Å²) in [6.07, 6.45) is 0.176.